The third-order valence-corrected chi connectivity index (χ3v) is 6.63. The van der Waals surface area contributed by atoms with Crippen molar-refractivity contribution in [2.45, 2.75) is 26.3 Å². The molecule has 4 N–H and O–H groups in total. The van der Waals surface area contributed by atoms with E-state index < -0.39 is 33.7 Å². The van der Waals surface area contributed by atoms with Gasteiger partial charge in [0.05, 0.1) is 5.75 Å². The Balaban J connectivity index is 1.90. The van der Waals surface area contributed by atoms with Gasteiger partial charge in [-0.1, -0.05) is 12.1 Å². The van der Waals surface area contributed by atoms with Gasteiger partial charge in [0, 0.05) is 20.1 Å². The molecule has 1 fully saturated rings. The van der Waals surface area contributed by atoms with Crippen LogP contribution in [0.25, 0.3) is 0 Å². The van der Waals surface area contributed by atoms with E-state index in [2.05, 4.69) is 10.3 Å². The summed E-state index contributed by atoms with van der Waals surface area (Å²) in [4.78, 5) is 29.0. The van der Waals surface area contributed by atoms with E-state index in [4.69, 9.17) is 0 Å². The topological polar surface area (TPSA) is 128 Å². The highest BCUT2D eigenvalue weighted by Gasteiger charge is 2.32. The predicted octanol–water partition coefficient (Wildman–Crippen LogP) is 2.13. The molecule has 1 saturated heterocycles. The molecular weight excluding hydrogens is 403 g/mol. The number of benzene rings is 1. The molecule has 1 aliphatic heterocycles. The van der Waals surface area contributed by atoms with Gasteiger partial charge in [-0.3, -0.25) is 23.3 Å². The predicted molar refractivity (Wildman–Crippen MR) is 108 cm³/mol. The SMILES string of the molecule is Cc1cc(CNC(=O)c2nc(N3CCCCS3(O)O)n(C)c(=O)c2O)ccc1F. The smallest absolute Gasteiger partial charge is 0.297 e. The van der Waals surface area contributed by atoms with Gasteiger partial charge in [0.25, 0.3) is 11.5 Å². The Morgan fingerprint density at radius 2 is 2.07 bits per heavy atom. The number of anilines is 1. The Labute approximate surface area is 168 Å². The quantitative estimate of drug-likeness (QED) is 0.590. The molecule has 9 nitrogen and oxygen atoms in total. The molecule has 1 aromatic carbocycles. The normalized spacial score (nSPS) is 17.1. The molecule has 0 atom stereocenters. The van der Waals surface area contributed by atoms with Crippen molar-refractivity contribution in [2.75, 3.05) is 16.6 Å². The maximum absolute atomic E-state index is 13.4. The standard InChI is InChI=1S/C18H23FN4O5S/c1-11-9-12(5-6-13(11)19)10-20-16(25)14-15(24)17(26)22(2)18(21-14)23-7-3-4-8-29(23,27)28/h5-6,9,24,27-28H,3-4,7-8,10H2,1-2H3,(H,20,25). The van der Waals surface area contributed by atoms with Crippen LogP contribution in [0, 0.1) is 12.7 Å². The first-order valence-electron chi connectivity index (χ1n) is 8.98. The van der Waals surface area contributed by atoms with Crippen LogP contribution >= 0.6 is 10.8 Å². The minimum Gasteiger partial charge on any atom is -0.501 e. The first-order chi connectivity index (χ1) is 13.6. The number of hydrogen-bond acceptors (Lipinski definition) is 7. The lowest BCUT2D eigenvalue weighted by Crippen LogP contribution is -2.39. The maximum atomic E-state index is 13.4. The molecule has 11 heteroatoms. The van der Waals surface area contributed by atoms with Crippen molar-refractivity contribution in [3.05, 3.63) is 51.2 Å². The molecule has 0 aliphatic carbocycles. The summed E-state index contributed by atoms with van der Waals surface area (Å²) in [5.74, 6) is -1.98. The van der Waals surface area contributed by atoms with Gasteiger partial charge in [0.1, 0.15) is 5.82 Å². The Morgan fingerprint density at radius 1 is 1.34 bits per heavy atom. The summed E-state index contributed by atoms with van der Waals surface area (Å²) in [5, 5.41) is 12.7. The Morgan fingerprint density at radius 3 is 2.72 bits per heavy atom. The number of rotatable bonds is 4. The molecule has 29 heavy (non-hydrogen) atoms. The van der Waals surface area contributed by atoms with Crippen LogP contribution in [0.15, 0.2) is 23.0 Å². The lowest BCUT2D eigenvalue weighted by Gasteiger charge is -2.46. The summed E-state index contributed by atoms with van der Waals surface area (Å²) >= 11 is 0. The lowest BCUT2D eigenvalue weighted by atomic mass is 10.1. The number of nitrogens with zero attached hydrogens (tertiary/aromatic N) is 3. The second kappa shape index (κ2) is 8.01. The number of hydrogen-bond donors (Lipinski definition) is 4. The third kappa shape index (κ3) is 4.21. The number of aromatic nitrogens is 2. The maximum Gasteiger partial charge on any atom is 0.297 e. The molecule has 0 unspecified atom stereocenters. The van der Waals surface area contributed by atoms with Crippen LogP contribution in [0.5, 0.6) is 5.75 Å². The van der Waals surface area contributed by atoms with Crippen LogP contribution in [0.2, 0.25) is 0 Å². The second-order valence-corrected chi connectivity index (χ2v) is 9.00. The number of aromatic hydroxyl groups is 1. The molecule has 2 aromatic rings. The number of aryl methyl sites for hydroxylation is 1. The molecule has 1 aromatic heterocycles. The van der Waals surface area contributed by atoms with Crippen LogP contribution in [-0.2, 0) is 13.6 Å². The zero-order valence-electron chi connectivity index (χ0n) is 16.1. The van der Waals surface area contributed by atoms with Gasteiger partial charge >= 0.3 is 0 Å². The van der Waals surface area contributed by atoms with Crippen molar-refractivity contribution in [3.63, 3.8) is 0 Å². The van der Waals surface area contributed by atoms with Gasteiger partial charge in [-0.15, -0.1) is 10.8 Å². The highest BCUT2D eigenvalue weighted by Crippen LogP contribution is 2.48. The van der Waals surface area contributed by atoms with E-state index in [0.29, 0.717) is 24.0 Å². The summed E-state index contributed by atoms with van der Waals surface area (Å²) in [7, 11) is -1.84. The molecule has 0 spiro atoms. The number of carbonyl (C=O) groups is 1. The van der Waals surface area contributed by atoms with Crippen molar-refractivity contribution < 1.29 is 23.4 Å². The van der Waals surface area contributed by atoms with Crippen molar-refractivity contribution >= 4 is 22.6 Å². The Bertz CT molecular complexity index is 1010. The van der Waals surface area contributed by atoms with Crippen molar-refractivity contribution in [1.29, 1.82) is 0 Å². The number of amides is 1. The van der Waals surface area contributed by atoms with Gasteiger partial charge < -0.3 is 10.4 Å². The highest BCUT2D eigenvalue weighted by atomic mass is 32.3. The van der Waals surface area contributed by atoms with E-state index in [0.717, 1.165) is 4.57 Å². The molecule has 158 valence electrons. The highest BCUT2D eigenvalue weighted by molar-refractivity contribution is 8.25. The van der Waals surface area contributed by atoms with Crippen LogP contribution < -0.4 is 15.2 Å². The van der Waals surface area contributed by atoms with Crippen LogP contribution in [0.1, 0.15) is 34.5 Å². The van der Waals surface area contributed by atoms with Gasteiger partial charge in [-0.25, -0.2) is 13.7 Å². The molecule has 3 rings (SSSR count). The first kappa shape index (κ1) is 21.1. The van der Waals surface area contributed by atoms with E-state index >= 15 is 0 Å². The van der Waals surface area contributed by atoms with E-state index in [1.165, 1.54) is 23.5 Å². The minimum atomic E-state index is -3.17. The number of carbonyl (C=O) groups excluding carboxylic acids is 1. The van der Waals surface area contributed by atoms with E-state index in [1.807, 2.05) is 0 Å². The molecule has 0 saturated carbocycles. The molecule has 2 heterocycles. The van der Waals surface area contributed by atoms with E-state index in [-0.39, 0.29) is 30.6 Å². The van der Waals surface area contributed by atoms with E-state index in [1.54, 1.807) is 13.0 Å². The molecule has 0 bridgehead atoms. The minimum absolute atomic E-state index is 0.0323. The van der Waals surface area contributed by atoms with Gasteiger partial charge in [0.15, 0.2) is 5.69 Å². The van der Waals surface area contributed by atoms with Crippen molar-refractivity contribution in [3.8, 4) is 5.75 Å². The summed E-state index contributed by atoms with van der Waals surface area (Å²) in [6, 6.07) is 4.36. The lowest BCUT2D eigenvalue weighted by molar-refractivity contribution is 0.0942. The fourth-order valence-corrected chi connectivity index (χ4v) is 4.74. The zero-order chi connectivity index (χ0) is 21.3. The number of halogens is 1. The zero-order valence-corrected chi connectivity index (χ0v) is 16.9. The molecular formula is C18H23FN4O5S. The van der Waals surface area contributed by atoms with Gasteiger partial charge in [0.2, 0.25) is 11.7 Å². The molecule has 1 aliphatic rings. The van der Waals surface area contributed by atoms with Gasteiger partial charge in [-0.05, 0) is 37.0 Å². The average Bonchev–Trinajstić information content (AvgIpc) is 2.67. The van der Waals surface area contributed by atoms with Crippen LogP contribution in [0.4, 0.5) is 10.3 Å². The number of nitrogens with one attached hydrogen (secondary N) is 1. The van der Waals surface area contributed by atoms with Crippen LogP contribution in [-0.4, -0.2) is 42.0 Å². The summed E-state index contributed by atoms with van der Waals surface area (Å²) in [6.07, 6.45) is 1.29. The summed E-state index contributed by atoms with van der Waals surface area (Å²) in [6.45, 7) is 1.88. The average molecular weight is 426 g/mol. The monoisotopic (exact) mass is 426 g/mol. The fraction of sp³-hybridized carbons (Fsp3) is 0.389. The summed E-state index contributed by atoms with van der Waals surface area (Å²) in [5.41, 5.74) is -0.337. The van der Waals surface area contributed by atoms with Crippen LogP contribution in [0.3, 0.4) is 0 Å². The Hall–Kier alpha value is -2.63. The molecule has 1 amide bonds. The largest absolute Gasteiger partial charge is 0.501 e. The summed E-state index contributed by atoms with van der Waals surface area (Å²) < 4.78 is 36.2. The van der Waals surface area contributed by atoms with Crippen molar-refractivity contribution in [1.82, 2.24) is 14.9 Å². The first-order valence-corrected chi connectivity index (χ1v) is 10.7. The second-order valence-electron chi connectivity index (χ2n) is 6.88. The third-order valence-electron chi connectivity index (χ3n) is 4.74. The molecule has 0 radical (unpaired) electrons. The van der Waals surface area contributed by atoms with Crippen molar-refractivity contribution in [2.24, 2.45) is 7.05 Å². The van der Waals surface area contributed by atoms with E-state index in [9.17, 15) is 28.2 Å². The Kier molecular flexibility index (Phi) is 5.82. The fourth-order valence-electron chi connectivity index (χ4n) is 3.08. The van der Waals surface area contributed by atoms with Gasteiger partial charge in [-0.2, -0.15) is 0 Å².